The zero-order valence-electron chi connectivity index (χ0n) is 20.2. The van der Waals surface area contributed by atoms with Gasteiger partial charge in [-0.05, 0) is 92.4 Å². The normalized spacial score (nSPS) is 35.3. The summed E-state index contributed by atoms with van der Waals surface area (Å²) in [6, 6.07) is 6.23. The van der Waals surface area contributed by atoms with Gasteiger partial charge in [-0.3, -0.25) is 0 Å². The Balaban J connectivity index is 1.58. The van der Waals surface area contributed by atoms with Gasteiger partial charge in [0.2, 0.25) is 5.79 Å². The van der Waals surface area contributed by atoms with Crippen molar-refractivity contribution in [1.82, 2.24) is 0 Å². The first-order valence-corrected chi connectivity index (χ1v) is 11.8. The number of rotatable bonds is 6. The lowest BCUT2D eigenvalue weighted by atomic mass is 9.55. The van der Waals surface area contributed by atoms with Crippen LogP contribution in [0.1, 0.15) is 89.9 Å². The van der Waals surface area contributed by atoms with Crippen molar-refractivity contribution in [2.45, 2.75) is 96.4 Å². The average molecular weight is 433 g/mol. The molecule has 0 spiro atoms. The number of aliphatic hydroxyl groups is 1. The molecule has 0 amide bonds. The molecule has 31 heavy (non-hydrogen) atoms. The third kappa shape index (κ3) is 4.15. The number of benzene rings is 1. The number of methoxy groups -OCH3 is 2. The first kappa shape index (κ1) is 23.0. The quantitative estimate of drug-likeness (QED) is 0.596. The van der Waals surface area contributed by atoms with Crippen LogP contribution >= 0.6 is 0 Å². The highest BCUT2D eigenvalue weighted by Gasteiger charge is 2.57. The molecule has 6 atom stereocenters. The molecular formula is C26H40O5. The largest absolute Gasteiger partial charge is 0.463 e. The van der Waals surface area contributed by atoms with Crippen LogP contribution in [0.2, 0.25) is 0 Å². The molecule has 2 saturated carbocycles. The van der Waals surface area contributed by atoms with Crippen LogP contribution in [-0.2, 0) is 14.2 Å². The van der Waals surface area contributed by atoms with E-state index in [1.165, 1.54) is 5.56 Å². The monoisotopic (exact) mass is 432 g/mol. The van der Waals surface area contributed by atoms with Gasteiger partial charge < -0.3 is 24.1 Å². The number of aliphatic hydroxyl groups excluding tert-OH is 1. The van der Waals surface area contributed by atoms with Gasteiger partial charge in [-0.15, -0.1) is 0 Å². The Bertz CT molecular complexity index is 803. The molecule has 5 heteroatoms. The predicted molar refractivity (Wildman–Crippen MR) is 120 cm³/mol. The highest BCUT2D eigenvalue weighted by atomic mass is 16.7. The Hall–Kier alpha value is -1.14. The summed E-state index contributed by atoms with van der Waals surface area (Å²) in [5.41, 5.74) is 2.47. The summed E-state index contributed by atoms with van der Waals surface area (Å²) in [5, 5.41) is 11.1. The van der Waals surface area contributed by atoms with E-state index in [1.807, 2.05) is 39.8 Å². The van der Waals surface area contributed by atoms with Crippen LogP contribution in [0.15, 0.2) is 18.2 Å². The third-order valence-corrected chi connectivity index (χ3v) is 8.44. The summed E-state index contributed by atoms with van der Waals surface area (Å²) in [4.78, 5) is 0. The van der Waals surface area contributed by atoms with E-state index in [0.717, 1.165) is 43.4 Å². The van der Waals surface area contributed by atoms with Gasteiger partial charge >= 0.3 is 0 Å². The zero-order chi connectivity index (χ0) is 22.6. The van der Waals surface area contributed by atoms with Crippen molar-refractivity contribution in [1.29, 1.82) is 0 Å². The van der Waals surface area contributed by atoms with Crippen molar-refractivity contribution in [2.24, 2.45) is 17.3 Å². The fourth-order valence-electron chi connectivity index (χ4n) is 6.49. The Morgan fingerprint density at radius 2 is 1.68 bits per heavy atom. The summed E-state index contributed by atoms with van der Waals surface area (Å²) in [6.45, 7) is 10.2. The molecule has 0 heterocycles. The highest BCUT2D eigenvalue weighted by molar-refractivity contribution is 5.42. The fraction of sp³-hybridized carbons (Fsp3) is 0.769. The molecule has 1 aromatic rings. The van der Waals surface area contributed by atoms with E-state index in [4.69, 9.17) is 18.9 Å². The van der Waals surface area contributed by atoms with Gasteiger partial charge in [0, 0.05) is 28.1 Å². The molecule has 3 aliphatic rings. The van der Waals surface area contributed by atoms with Gasteiger partial charge in [-0.25, -0.2) is 0 Å². The Morgan fingerprint density at radius 1 is 0.968 bits per heavy atom. The predicted octanol–water partition coefficient (Wildman–Crippen LogP) is 5.56. The second-order valence-corrected chi connectivity index (χ2v) is 11.0. The number of hydrogen-bond acceptors (Lipinski definition) is 5. The standard InChI is InChI=1S/C26H40O5/c1-24(2,28-6)30-16-8-9-17-18-12-13-26(5)21(19(18)15-22(27)20(17)14-16)10-11-23(26)31-25(3,4)29-7/h8-9,14,18-19,21-23,27H,10-13,15H2,1-7H3/t18?,19?,21?,22?,23?,26-/m0/s1. The summed E-state index contributed by atoms with van der Waals surface area (Å²) in [5.74, 6) is 1.04. The molecule has 0 saturated heterocycles. The van der Waals surface area contributed by atoms with Gasteiger partial charge in [-0.1, -0.05) is 13.0 Å². The molecule has 0 aromatic heterocycles. The molecule has 0 radical (unpaired) electrons. The first-order chi connectivity index (χ1) is 14.5. The molecule has 4 rings (SSSR count). The maximum absolute atomic E-state index is 11.1. The molecular weight excluding hydrogens is 392 g/mol. The van der Waals surface area contributed by atoms with Crippen LogP contribution in [0.25, 0.3) is 0 Å². The number of fused-ring (bicyclic) bond motifs is 5. The first-order valence-electron chi connectivity index (χ1n) is 11.8. The Kier molecular flexibility index (Phi) is 5.96. The van der Waals surface area contributed by atoms with Crippen molar-refractivity contribution < 1.29 is 24.1 Å². The second kappa shape index (κ2) is 8.02. The maximum atomic E-state index is 11.1. The lowest BCUT2D eigenvalue weighted by Gasteiger charge is -2.52. The van der Waals surface area contributed by atoms with Crippen LogP contribution in [0.3, 0.4) is 0 Å². The summed E-state index contributed by atoms with van der Waals surface area (Å²) < 4.78 is 23.4. The molecule has 5 nitrogen and oxygen atoms in total. The van der Waals surface area contributed by atoms with Gasteiger partial charge in [0.15, 0.2) is 5.79 Å². The van der Waals surface area contributed by atoms with Crippen LogP contribution in [0.4, 0.5) is 0 Å². The smallest absolute Gasteiger partial charge is 0.204 e. The molecule has 0 aliphatic heterocycles. The summed E-state index contributed by atoms with van der Waals surface area (Å²) >= 11 is 0. The average Bonchev–Trinajstić information content (AvgIpc) is 3.04. The Labute approximate surface area is 187 Å². The van der Waals surface area contributed by atoms with E-state index in [2.05, 4.69) is 13.0 Å². The summed E-state index contributed by atoms with van der Waals surface area (Å²) in [6.07, 6.45) is 5.08. The minimum atomic E-state index is -0.697. The van der Waals surface area contributed by atoms with E-state index in [9.17, 15) is 5.11 Å². The van der Waals surface area contributed by atoms with Crippen LogP contribution in [0.5, 0.6) is 5.75 Å². The van der Waals surface area contributed by atoms with Crippen molar-refractivity contribution in [3.05, 3.63) is 29.3 Å². The zero-order valence-corrected chi connectivity index (χ0v) is 20.2. The topological polar surface area (TPSA) is 57.2 Å². The minimum absolute atomic E-state index is 0.139. The summed E-state index contributed by atoms with van der Waals surface area (Å²) in [7, 11) is 3.36. The molecule has 1 N–H and O–H groups in total. The van der Waals surface area contributed by atoms with Crippen LogP contribution < -0.4 is 4.74 Å². The second-order valence-electron chi connectivity index (χ2n) is 11.0. The van der Waals surface area contributed by atoms with E-state index in [1.54, 1.807) is 14.2 Å². The number of ether oxygens (including phenoxy) is 4. The maximum Gasteiger partial charge on any atom is 0.204 e. The molecule has 0 bridgehead atoms. The minimum Gasteiger partial charge on any atom is -0.463 e. The molecule has 1 aromatic carbocycles. The van der Waals surface area contributed by atoms with Crippen LogP contribution in [0, 0.1) is 17.3 Å². The SMILES string of the molecule is COC(C)(C)Oc1ccc2c(c1)C(O)CC1C2CC[C@]2(C)C(OC(C)(C)OC)CCC12. The fourth-order valence-corrected chi connectivity index (χ4v) is 6.49. The van der Waals surface area contributed by atoms with E-state index in [0.29, 0.717) is 17.8 Å². The lowest BCUT2D eigenvalue weighted by Crippen LogP contribution is -2.47. The highest BCUT2D eigenvalue weighted by Crippen LogP contribution is 2.63. The molecule has 5 unspecified atom stereocenters. The van der Waals surface area contributed by atoms with Gasteiger partial charge in [-0.2, -0.15) is 0 Å². The van der Waals surface area contributed by atoms with Gasteiger partial charge in [0.25, 0.3) is 0 Å². The van der Waals surface area contributed by atoms with Crippen molar-refractivity contribution in [3.63, 3.8) is 0 Å². The van der Waals surface area contributed by atoms with E-state index < -0.39 is 17.7 Å². The lowest BCUT2D eigenvalue weighted by molar-refractivity contribution is -0.246. The Morgan fingerprint density at radius 3 is 2.35 bits per heavy atom. The molecule has 2 fully saturated rings. The van der Waals surface area contributed by atoms with Crippen molar-refractivity contribution in [2.75, 3.05) is 14.2 Å². The van der Waals surface area contributed by atoms with Crippen LogP contribution in [-0.4, -0.2) is 37.0 Å². The number of hydrogen-bond donors (Lipinski definition) is 1. The van der Waals surface area contributed by atoms with Crippen molar-refractivity contribution in [3.8, 4) is 5.75 Å². The third-order valence-electron chi connectivity index (χ3n) is 8.44. The van der Waals surface area contributed by atoms with Gasteiger partial charge in [0.1, 0.15) is 5.75 Å². The van der Waals surface area contributed by atoms with E-state index in [-0.39, 0.29) is 11.5 Å². The molecule has 174 valence electrons. The van der Waals surface area contributed by atoms with Gasteiger partial charge in [0.05, 0.1) is 12.2 Å². The van der Waals surface area contributed by atoms with E-state index >= 15 is 0 Å². The van der Waals surface area contributed by atoms with Crippen molar-refractivity contribution >= 4 is 0 Å². The molecule has 3 aliphatic carbocycles.